The number of benzene rings is 1. The number of fused-ring (bicyclic) bond motifs is 3. The van der Waals surface area contributed by atoms with Gasteiger partial charge in [-0.05, 0) is 36.4 Å². The van der Waals surface area contributed by atoms with Gasteiger partial charge in [0.25, 0.3) is 0 Å². The van der Waals surface area contributed by atoms with Gasteiger partial charge in [0.15, 0.2) is 0 Å². The molecule has 2 unspecified atom stereocenters. The van der Waals surface area contributed by atoms with Crippen LogP contribution in [0.3, 0.4) is 0 Å². The summed E-state index contributed by atoms with van der Waals surface area (Å²) in [6.45, 7) is 6.27. The molecule has 2 atom stereocenters. The predicted molar refractivity (Wildman–Crippen MR) is 77.0 cm³/mol. The van der Waals surface area contributed by atoms with Crippen molar-refractivity contribution >= 4 is 0 Å². The van der Waals surface area contributed by atoms with Crippen LogP contribution in [0.4, 0.5) is 0 Å². The quantitative estimate of drug-likeness (QED) is 0.710. The molecule has 1 heterocycles. The lowest BCUT2D eigenvalue weighted by Gasteiger charge is -2.17. The topological polar surface area (TPSA) is 3.24 Å². The molecular weight excluding hydrogens is 218 g/mol. The summed E-state index contributed by atoms with van der Waals surface area (Å²) in [7, 11) is 0. The Kier molecular flexibility index (Phi) is 3.69. The molecular formula is C17H25N. The van der Waals surface area contributed by atoms with E-state index in [1.165, 1.54) is 51.7 Å². The highest BCUT2D eigenvalue weighted by Crippen LogP contribution is 2.42. The first-order valence-corrected chi connectivity index (χ1v) is 7.68. The van der Waals surface area contributed by atoms with E-state index in [4.69, 9.17) is 0 Å². The highest BCUT2D eigenvalue weighted by molar-refractivity contribution is 5.37. The van der Waals surface area contributed by atoms with E-state index in [0.29, 0.717) is 0 Å². The summed E-state index contributed by atoms with van der Waals surface area (Å²) in [6.07, 6.45) is 6.89. The molecule has 98 valence electrons. The van der Waals surface area contributed by atoms with Crippen molar-refractivity contribution in [2.24, 2.45) is 5.92 Å². The Balaban J connectivity index is 1.55. The number of rotatable bonds is 5. The van der Waals surface area contributed by atoms with Crippen LogP contribution in [-0.2, 0) is 6.42 Å². The molecule has 1 aliphatic carbocycles. The molecule has 18 heavy (non-hydrogen) atoms. The third-order valence-electron chi connectivity index (χ3n) is 4.78. The minimum atomic E-state index is 0.840. The molecule has 1 fully saturated rings. The van der Waals surface area contributed by atoms with Gasteiger partial charge in [0.1, 0.15) is 0 Å². The molecule has 1 nitrogen and oxygen atoms in total. The number of hydrogen-bond acceptors (Lipinski definition) is 1. The van der Waals surface area contributed by atoms with Crippen LogP contribution in [0, 0.1) is 5.92 Å². The number of hydrogen-bond donors (Lipinski definition) is 0. The highest BCUT2D eigenvalue weighted by atomic mass is 15.2. The van der Waals surface area contributed by atoms with Crippen molar-refractivity contribution in [3.63, 3.8) is 0 Å². The Labute approximate surface area is 111 Å². The highest BCUT2D eigenvalue weighted by Gasteiger charge is 2.38. The van der Waals surface area contributed by atoms with Crippen molar-refractivity contribution < 1.29 is 0 Å². The van der Waals surface area contributed by atoms with Crippen LogP contribution in [0.5, 0.6) is 0 Å². The van der Waals surface area contributed by atoms with Crippen LogP contribution in [0.1, 0.15) is 49.7 Å². The Bertz CT molecular complexity index is 398. The van der Waals surface area contributed by atoms with Gasteiger partial charge in [-0.1, -0.05) is 50.5 Å². The number of likely N-dealkylation sites (tertiary alicyclic amines) is 1. The van der Waals surface area contributed by atoms with Gasteiger partial charge in [0, 0.05) is 19.0 Å². The number of nitrogens with zero attached hydrogens (tertiary/aromatic N) is 1. The summed E-state index contributed by atoms with van der Waals surface area (Å²) in [6, 6.07) is 9.10. The molecule has 0 aromatic heterocycles. The zero-order valence-corrected chi connectivity index (χ0v) is 11.6. The van der Waals surface area contributed by atoms with E-state index < -0.39 is 0 Å². The molecule has 1 aromatic rings. The second kappa shape index (κ2) is 5.44. The van der Waals surface area contributed by atoms with Crippen LogP contribution in [0.2, 0.25) is 0 Å². The lowest BCUT2D eigenvalue weighted by molar-refractivity contribution is 0.312. The third-order valence-corrected chi connectivity index (χ3v) is 4.78. The Morgan fingerprint density at radius 1 is 1.11 bits per heavy atom. The van der Waals surface area contributed by atoms with Crippen LogP contribution in [0.15, 0.2) is 24.3 Å². The van der Waals surface area contributed by atoms with Gasteiger partial charge in [-0.15, -0.1) is 0 Å². The maximum atomic E-state index is 2.71. The van der Waals surface area contributed by atoms with Gasteiger partial charge in [0.05, 0.1) is 0 Å². The molecule has 0 saturated carbocycles. The first-order valence-electron chi connectivity index (χ1n) is 7.68. The fourth-order valence-corrected chi connectivity index (χ4v) is 3.83. The smallest absolute Gasteiger partial charge is 0.00538 e. The second-order valence-corrected chi connectivity index (χ2v) is 6.09. The van der Waals surface area contributed by atoms with Gasteiger partial charge in [-0.3, -0.25) is 0 Å². The van der Waals surface area contributed by atoms with Crippen molar-refractivity contribution in [2.75, 3.05) is 19.6 Å². The molecule has 2 aliphatic rings. The molecule has 1 heteroatoms. The lowest BCUT2D eigenvalue weighted by atomic mass is 9.97. The van der Waals surface area contributed by atoms with Gasteiger partial charge >= 0.3 is 0 Å². The largest absolute Gasteiger partial charge is 0.302 e. The average molecular weight is 243 g/mol. The minimum Gasteiger partial charge on any atom is -0.302 e. The zero-order valence-electron chi connectivity index (χ0n) is 11.6. The molecule has 0 N–H and O–H groups in total. The van der Waals surface area contributed by atoms with Crippen molar-refractivity contribution in [3.05, 3.63) is 35.4 Å². The maximum absolute atomic E-state index is 2.71. The molecule has 0 amide bonds. The average Bonchev–Trinajstić information content (AvgIpc) is 2.91. The first-order chi connectivity index (χ1) is 8.88. The summed E-state index contributed by atoms with van der Waals surface area (Å²) >= 11 is 0. The van der Waals surface area contributed by atoms with Crippen molar-refractivity contribution in [1.82, 2.24) is 4.90 Å². The van der Waals surface area contributed by atoms with E-state index in [-0.39, 0.29) is 0 Å². The molecule has 0 bridgehead atoms. The third kappa shape index (κ3) is 2.33. The van der Waals surface area contributed by atoms with Gasteiger partial charge < -0.3 is 4.90 Å². The molecule has 1 aromatic carbocycles. The summed E-state index contributed by atoms with van der Waals surface area (Å²) in [5.41, 5.74) is 3.27. The predicted octanol–water partition coefficient (Wildman–Crippen LogP) is 3.84. The van der Waals surface area contributed by atoms with Gasteiger partial charge in [0.2, 0.25) is 0 Å². The summed E-state index contributed by atoms with van der Waals surface area (Å²) in [5.74, 6) is 1.75. The molecule has 0 radical (unpaired) electrons. The molecule has 3 rings (SSSR count). The van der Waals surface area contributed by atoms with Crippen LogP contribution in [0.25, 0.3) is 0 Å². The Morgan fingerprint density at radius 2 is 2.00 bits per heavy atom. The second-order valence-electron chi connectivity index (χ2n) is 6.09. The van der Waals surface area contributed by atoms with E-state index in [0.717, 1.165) is 11.8 Å². The van der Waals surface area contributed by atoms with Crippen LogP contribution in [-0.4, -0.2) is 24.5 Å². The Hall–Kier alpha value is -0.820. The standard InChI is InChI=1S/C17H25N/c1-2-3-4-7-10-18-12-15-11-14-8-5-6-9-16(14)17(15)13-18/h5-6,8-9,15,17H,2-4,7,10-13H2,1H3. The van der Waals surface area contributed by atoms with E-state index in [2.05, 4.69) is 36.1 Å². The fourth-order valence-electron chi connectivity index (χ4n) is 3.83. The zero-order chi connectivity index (χ0) is 12.4. The van der Waals surface area contributed by atoms with Crippen molar-refractivity contribution in [2.45, 2.75) is 44.9 Å². The monoisotopic (exact) mass is 243 g/mol. The molecule has 1 aliphatic heterocycles. The number of unbranched alkanes of at least 4 members (excludes halogenated alkanes) is 3. The summed E-state index contributed by atoms with van der Waals surface area (Å²) in [5, 5.41) is 0. The lowest BCUT2D eigenvalue weighted by Crippen LogP contribution is -2.23. The Morgan fingerprint density at radius 3 is 2.89 bits per heavy atom. The van der Waals surface area contributed by atoms with E-state index in [1.54, 1.807) is 11.1 Å². The maximum Gasteiger partial charge on any atom is 0.00538 e. The van der Waals surface area contributed by atoms with Crippen molar-refractivity contribution in [1.29, 1.82) is 0 Å². The van der Waals surface area contributed by atoms with Gasteiger partial charge in [-0.2, -0.15) is 0 Å². The molecule has 1 saturated heterocycles. The van der Waals surface area contributed by atoms with Crippen LogP contribution >= 0.6 is 0 Å². The van der Waals surface area contributed by atoms with E-state index in [1.807, 2.05) is 0 Å². The SMILES string of the molecule is CCCCCCN1CC2Cc3ccccc3C2C1. The molecule has 0 spiro atoms. The van der Waals surface area contributed by atoms with Crippen LogP contribution < -0.4 is 0 Å². The van der Waals surface area contributed by atoms with Gasteiger partial charge in [-0.25, -0.2) is 0 Å². The normalized spacial score (nSPS) is 26.3. The fraction of sp³-hybridized carbons (Fsp3) is 0.647. The van der Waals surface area contributed by atoms with E-state index >= 15 is 0 Å². The first kappa shape index (κ1) is 12.2. The van der Waals surface area contributed by atoms with Crippen molar-refractivity contribution in [3.8, 4) is 0 Å². The minimum absolute atomic E-state index is 0.840. The van der Waals surface area contributed by atoms with E-state index in [9.17, 15) is 0 Å². The summed E-state index contributed by atoms with van der Waals surface area (Å²) in [4.78, 5) is 2.71. The summed E-state index contributed by atoms with van der Waals surface area (Å²) < 4.78 is 0.